The molecule has 0 aromatic carbocycles. The molecule has 5 heavy (non-hydrogen) atoms. The molecule has 0 spiro atoms. The van der Waals surface area contributed by atoms with Gasteiger partial charge in [-0.05, 0) is 0 Å². The van der Waals surface area contributed by atoms with E-state index in [1.165, 1.54) is 10.9 Å². The summed E-state index contributed by atoms with van der Waals surface area (Å²) in [6, 6.07) is 0. The first-order chi connectivity index (χ1) is 1.41. The minimum absolute atomic E-state index is 0. The zero-order valence-corrected chi connectivity index (χ0v) is 6.39. The molecule has 38 valence electrons. The van der Waals surface area contributed by atoms with Crippen LogP contribution in [0.15, 0.2) is 0 Å². The second-order valence-electron chi connectivity index (χ2n) is 0.0452. The summed E-state index contributed by atoms with van der Waals surface area (Å²) in [4.78, 5) is 0. The average Bonchev–Trinajstić information content (AvgIpc) is 0.918. The van der Waals surface area contributed by atoms with Gasteiger partial charge in [-0.2, -0.15) is 0 Å². The van der Waals surface area contributed by atoms with Crippen molar-refractivity contribution in [3.63, 3.8) is 0 Å². The molecule has 0 radical (unpaired) electrons. The second-order valence-corrected chi connectivity index (χ2v) is 5.03. The van der Waals surface area contributed by atoms with Gasteiger partial charge in [-0.25, -0.2) is 0 Å². The molecule has 0 bridgehead atoms. The number of nitrogens with two attached hydrogens (primary N) is 2. The van der Waals surface area contributed by atoms with E-state index in [0.717, 1.165) is 0 Å². The molecule has 4 N–H and O–H groups in total. The Hall–Kier alpha value is 1.37. The largest absolute Gasteiger partial charge is 0.693 e. The van der Waals surface area contributed by atoms with Crippen molar-refractivity contribution in [1.29, 1.82) is 0 Å². The van der Waals surface area contributed by atoms with Crippen molar-refractivity contribution >= 4 is 28.5 Å². The van der Waals surface area contributed by atoms with Gasteiger partial charge in [0.25, 0.3) is 0 Å². The Morgan fingerprint density at radius 1 is 1.00 bits per heavy atom. The van der Waals surface area contributed by atoms with Crippen LogP contribution in [-0.2, 0) is 10.9 Å². The van der Waals surface area contributed by atoms with E-state index in [1.54, 1.807) is 0 Å². The molecule has 0 fully saturated rings. The van der Waals surface area contributed by atoms with Crippen molar-refractivity contribution in [1.82, 2.24) is 0 Å². The molecule has 0 aliphatic rings. The maximum Gasteiger partial charge on any atom is -0.693 e. The maximum atomic E-state index is 3.00. The van der Waals surface area contributed by atoms with Crippen LogP contribution in [0.2, 0.25) is 0 Å². The maximum absolute atomic E-state index is 3.00. The van der Waals surface area contributed by atoms with Crippen LogP contribution in [0.5, 0.6) is 0 Å². The van der Waals surface area contributed by atoms with Crippen LogP contribution in [0.25, 0.3) is 12.3 Å². The molecule has 0 aliphatic heterocycles. The van der Waals surface area contributed by atoms with Crippen LogP contribution in [0.3, 0.4) is 0 Å². The number of halogens is 2. The van der Waals surface area contributed by atoms with E-state index in [1.807, 2.05) is 0 Å². The Bertz CT molecular complexity index is 7.61. The Labute approximate surface area is 51.6 Å². The van der Waals surface area contributed by atoms with Crippen molar-refractivity contribution < 1.29 is 10.9 Å². The molecule has 5 heteroatoms. The van der Waals surface area contributed by atoms with Gasteiger partial charge in [-0.1, -0.05) is 0 Å². The number of hydrogen-bond donors (Lipinski definition) is 0. The molecule has 0 rings (SSSR count). The summed E-state index contributed by atoms with van der Waals surface area (Å²) in [7, 11) is 1.25. The van der Waals surface area contributed by atoms with E-state index in [0.29, 0.717) is 0 Å². The third kappa shape index (κ3) is 32.4. The van der Waals surface area contributed by atoms with Gasteiger partial charge in [0.1, 0.15) is 0 Å². The summed E-state index contributed by atoms with van der Waals surface area (Å²) < 4.78 is 0. The summed E-state index contributed by atoms with van der Waals surface area (Å²) in [5.41, 5.74) is 0. The molecule has 0 amide bonds. The van der Waals surface area contributed by atoms with Crippen LogP contribution >= 0.6 is 28.5 Å². The van der Waals surface area contributed by atoms with Crippen molar-refractivity contribution in [3.8, 4) is 0 Å². The third-order valence-corrected chi connectivity index (χ3v) is 0. The van der Waals surface area contributed by atoms with Gasteiger partial charge in [0.15, 0.2) is 0 Å². The first-order valence-electron chi connectivity index (χ1n) is 0.239. The Morgan fingerprint density at radius 2 is 1.00 bits per heavy atom. The predicted molar refractivity (Wildman–Crippen MR) is 28.4 cm³/mol. The van der Waals surface area contributed by atoms with Crippen LogP contribution in [0.4, 0.5) is 0 Å². The summed E-state index contributed by atoms with van der Waals surface area (Å²) in [6.45, 7) is 0. The third-order valence-electron chi connectivity index (χ3n) is 0. The molecular formula is H4Br2N2Ni. The van der Waals surface area contributed by atoms with Gasteiger partial charge in [-0.3, -0.25) is 0 Å². The average molecular weight is 251 g/mol. The molecule has 0 saturated heterocycles. The Balaban J connectivity index is -0.0000000200. The fourth-order valence-electron chi connectivity index (χ4n) is 0. The first-order valence-corrected chi connectivity index (χ1v) is 5.12. The van der Waals surface area contributed by atoms with Crippen LogP contribution in [0, 0.1) is 0 Å². The van der Waals surface area contributed by atoms with Gasteiger partial charge < -0.3 is 12.3 Å². The van der Waals surface area contributed by atoms with Gasteiger partial charge in [-0.15, -0.1) is 0 Å². The minimum atomic E-state index is 0. The summed E-state index contributed by atoms with van der Waals surface area (Å²) in [6.07, 6.45) is 0. The summed E-state index contributed by atoms with van der Waals surface area (Å²) in [5.74, 6) is 0. The zero-order chi connectivity index (χ0) is 2.71. The molecular weight excluding hydrogens is 247 g/mol. The topological polar surface area (TPSA) is 67.0 Å². The van der Waals surface area contributed by atoms with Crippen molar-refractivity contribution in [2.45, 2.75) is 0 Å². The van der Waals surface area contributed by atoms with E-state index in [9.17, 15) is 0 Å². The van der Waals surface area contributed by atoms with Gasteiger partial charge >= 0.3 is 39.3 Å². The van der Waals surface area contributed by atoms with E-state index >= 15 is 0 Å². The second kappa shape index (κ2) is 18.2. The fourth-order valence-corrected chi connectivity index (χ4v) is 0. The van der Waals surface area contributed by atoms with E-state index < -0.39 is 0 Å². The van der Waals surface area contributed by atoms with Crippen LogP contribution in [0.1, 0.15) is 0 Å². The quantitative estimate of drug-likeness (QED) is 0.593. The predicted octanol–water partition coefficient (Wildman–Crippen LogP) is 3.12. The molecule has 0 saturated carbocycles. The normalized spacial score (nSPS) is 4.40. The van der Waals surface area contributed by atoms with E-state index in [-0.39, 0.29) is 12.3 Å². The van der Waals surface area contributed by atoms with E-state index in [4.69, 9.17) is 0 Å². The van der Waals surface area contributed by atoms with Gasteiger partial charge in [0.05, 0.1) is 0 Å². The minimum Gasteiger partial charge on any atom is -0.693 e. The van der Waals surface area contributed by atoms with Crippen molar-refractivity contribution in [2.24, 2.45) is 0 Å². The summed E-state index contributed by atoms with van der Waals surface area (Å²) >= 11 is 6.00. The van der Waals surface area contributed by atoms with E-state index in [2.05, 4.69) is 28.5 Å². The van der Waals surface area contributed by atoms with Crippen LogP contribution in [-0.4, -0.2) is 0 Å². The van der Waals surface area contributed by atoms with Crippen molar-refractivity contribution in [2.75, 3.05) is 0 Å². The van der Waals surface area contributed by atoms with Gasteiger partial charge in [0.2, 0.25) is 0 Å². The molecule has 0 aromatic rings. The van der Waals surface area contributed by atoms with Gasteiger partial charge in [0, 0.05) is 0 Å². The molecule has 0 heterocycles. The summed E-state index contributed by atoms with van der Waals surface area (Å²) in [5, 5.41) is 0. The SMILES string of the molecule is [Br][Ni+2][Br].[NH2-].[NH2-]. The zero-order valence-electron chi connectivity index (χ0n) is 2.23. The molecule has 0 unspecified atom stereocenters. The molecule has 0 aliphatic carbocycles. The first kappa shape index (κ1) is 16.2. The Morgan fingerprint density at radius 3 is 1.00 bits per heavy atom. The molecule has 0 aromatic heterocycles. The monoisotopic (exact) mass is 248 g/mol. The standard InChI is InChI=1S/2BrH.2H2N.Ni/h2*1H;2*1H2;/q;;2*-1;+4/p-2. The fraction of sp³-hybridized carbons (Fsp3) is 0. The van der Waals surface area contributed by atoms with Crippen LogP contribution < -0.4 is 0 Å². The molecule has 0 atom stereocenters. The number of hydrogen-bond acceptors (Lipinski definition) is 0. The smallest absolute Gasteiger partial charge is 0.693 e. The number of rotatable bonds is 0. The Kier molecular flexibility index (Phi) is 59.0. The van der Waals surface area contributed by atoms with Crippen molar-refractivity contribution in [3.05, 3.63) is 12.3 Å². The molecule has 2 nitrogen and oxygen atoms in total.